The fraction of sp³-hybridized carbons (Fsp3) is 0.667. The van der Waals surface area contributed by atoms with E-state index in [9.17, 15) is 0 Å². The van der Waals surface area contributed by atoms with Crippen molar-refractivity contribution in [3.63, 3.8) is 0 Å². The maximum atomic E-state index is 4.14. The summed E-state index contributed by atoms with van der Waals surface area (Å²) in [6.07, 6.45) is 1.04. The quantitative estimate of drug-likeness (QED) is 0.743. The van der Waals surface area contributed by atoms with E-state index in [-0.39, 0.29) is 0 Å². The highest BCUT2D eigenvalue weighted by Crippen LogP contribution is 2.36. The Labute approximate surface area is 87.6 Å². The van der Waals surface area contributed by atoms with Crippen molar-refractivity contribution >= 4 is 0 Å². The zero-order chi connectivity index (χ0) is 10.9. The van der Waals surface area contributed by atoms with E-state index in [1.807, 2.05) is 0 Å². The molecule has 1 aliphatic rings. The van der Waals surface area contributed by atoms with Crippen LogP contribution < -0.4 is 5.43 Å². The van der Waals surface area contributed by atoms with Crippen molar-refractivity contribution in [2.75, 3.05) is 0 Å². The molecular formula is C12H22N2. The largest absolute Gasteiger partial charge is 0.286 e. The normalized spacial score (nSPS) is 23.0. The Hall–Kier alpha value is -0.760. The molecule has 0 radical (unpaired) electrons. The second-order valence-corrected chi connectivity index (χ2v) is 4.73. The van der Waals surface area contributed by atoms with Gasteiger partial charge in [-0.25, -0.2) is 5.43 Å². The molecule has 1 atom stereocenters. The van der Waals surface area contributed by atoms with E-state index in [1.54, 1.807) is 0 Å². The van der Waals surface area contributed by atoms with Crippen LogP contribution in [-0.2, 0) is 0 Å². The Kier molecular flexibility index (Phi) is 3.38. The predicted molar refractivity (Wildman–Crippen MR) is 61.3 cm³/mol. The van der Waals surface area contributed by atoms with Gasteiger partial charge < -0.3 is 0 Å². The minimum atomic E-state index is 0.425. The van der Waals surface area contributed by atoms with E-state index in [2.05, 4.69) is 51.3 Å². The van der Waals surface area contributed by atoms with Crippen LogP contribution in [0.3, 0.4) is 0 Å². The maximum absolute atomic E-state index is 4.14. The summed E-state index contributed by atoms with van der Waals surface area (Å²) in [4.78, 5) is 0. The lowest BCUT2D eigenvalue weighted by atomic mass is 9.92. The predicted octanol–water partition coefficient (Wildman–Crippen LogP) is 2.90. The number of hydrazine groups is 1. The van der Waals surface area contributed by atoms with Crippen molar-refractivity contribution in [2.45, 2.75) is 40.2 Å². The summed E-state index contributed by atoms with van der Waals surface area (Å²) in [6.45, 7) is 17.0. The molecule has 14 heavy (non-hydrogen) atoms. The van der Waals surface area contributed by atoms with E-state index in [0.29, 0.717) is 17.9 Å². The van der Waals surface area contributed by atoms with Crippen LogP contribution in [-0.4, -0.2) is 11.1 Å². The summed E-state index contributed by atoms with van der Waals surface area (Å²) in [6, 6.07) is 0.425. The van der Waals surface area contributed by atoms with Crippen molar-refractivity contribution in [3.8, 4) is 0 Å². The molecule has 0 amide bonds. The molecule has 0 aliphatic carbocycles. The molecule has 1 heterocycles. The Balaban J connectivity index is 2.70. The molecule has 2 heteroatoms. The molecule has 0 bridgehead atoms. The molecule has 0 aromatic carbocycles. The van der Waals surface area contributed by atoms with Gasteiger partial charge in [0.25, 0.3) is 0 Å². The van der Waals surface area contributed by atoms with Gasteiger partial charge in [-0.2, -0.15) is 0 Å². The minimum Gasteiger partial charge on any atom is -0.286 e. The van der Waals surface area contributed by atoms with E-state index >= 15 is 0 Å². The number of nitrogens with zero attached hydrogens (tertiary/aromatic N) is 1. The third kappa shape index (κ3) is 2.18. The van der Waals surface area contributed by atoms with Crippen molar-refractivity contribution in [2.24, 2.45) is 11.8 Å². The van der Waals surface area contributed by atoms with Crippen LogP contribution in [0.4, 0.5) is 0 Å². The number of hydrogen-bond donors (Lipinski definition) is 1. The van der Waals surface area contributed by atoms with Crippen LogP contribution in [0, 0.1) is 11.8 Å². The SMILES string of the molecule is C=C1CC(C(C)C)C(=C)N1NC(C)C. The fourth-order valence-electron chi connectivity index (χ4n) is 1.88. The molecule has 1 N–H and O–H groups in total. The Morgan fingerprint density at radius 3 is 2.21 bits per heavy atom. The molecule has 0 aromatic rings. The summed E-state index contributed by atoms with van der Waals surface area (Å²) in [5, 5.41) is 2.06. The maximum Gasteiger partial charge on any atom is 0.0313 e. The van der Waals surface area contributed by atoms with E-state index in [1.165, 1.54) is 5.70 Å². The third-order valence-corrected chi connectivity index (χ3v) is 2.68. The average Bonchev–Trinajstić information content (AvgIpc) is 2.31. The zero-order valence-electron chi connectivity index (χ0n) is 9.80. The lowest BCUT2D eigenvalue weighted by Gasteiger charge is -2.26. The first-order valence-corrected chi connectivity index (χ1v) is 5.36. The third-order valence-electron chi connectivity index (χ3n) is 2.68. The standard InChI is InChI=1S/C12H22N2/c1-8(2)12-7-10(5)14(11(12)6)13-9(3)4/h8-9,12-13H,5-7H2,1-4H3. The molecule has 1 saturated heterocycles. The lowest BCUT2D eigenvalue weighted by Crippen LogP contribution is -2.38. The van der Waals surface area contributed by atoms with Gasteiger partial charge in [-0.15, -0.1) is 0 Å². The van der Waals surface area contributed by atoms with Crippen molar-refractivity contribution in [1.82, 2.24) is 10.4 Å². The van der Waals surface area contributed by atoms with Crippen LogP contribution in [0.2, 0.25) is 0 Å². The van der Waals surface area contributed by atoms with Gasteiger partial charge in [-0.05, 0) is 26.2 Å². The topological polar surface area (TPSA) is 15.3 Å². The van der Waals surface area contributed by atoms with Crippen LogP contribution in [0.5, 0.6) is 0 Å². The molecule has 1 unspecified atom stereocenters. The molecule has 2 nitrogen and oxygen atoms in total. The first kappa shape index (κ1) is 11.3. The van der Waals surface area contributed by atoms with Gasteiger partial charge in [-0.1, -0.05) is 27.0 Å². The first-order valence-electron chi connectivity index (χ1n) is 5.36. The number of allylic oxidation sites excluding steroid dienone is 2. The molecular weight excluding hydrogens is 172 g/mol. The fourth-order valence-corrected chi connectivity index (χ4v) is 1.88. The Morgan fingerprint density at radius 1 is 1.29 bits per heavy atom. The van der Waals surface area contributed by atoms with E-state index in [4.69, 9.17) is 0 Å². The minimum absolute atomic E-state index is 0.425. The van der Waals surface area contributed by atoms with Crippen LogP contribution in [0.25, 0.3) is 0 Å². The van der Waals surface area contributed by atoms with Gasteiger partial charge >= 0.3 is 0 Å². The molecule has 1 fully saturated rings. The van der Waals surface area contributed by atoms with E-state index in [0.717, 1.165) is 12.1 Å². The van der Waals surface area contributed by atoms with Gasteiger partial charge in [0.15, 0.2) is 0 Å². The molecule has 80 valence electrons. The second-order valence-electron chi connectivity index (χ2n) is 4.73. The number of hydrogen-bond acceptors (Lipinski definition) is 2. The molecule has 0 spiro atoms. The van der Waals surface area contributed by atoms with Gasteiger partial charge in [0, 0.05) is 23.4 Å². The molecule has 1 rings (SSSR count). The smallest absolute Gasteiger partial charge is 0.0313 e. The molecule has 0 saturated carbocycles. The van der Waals surface area contributed by atoms with Crippen molar-refractivity contribution in [1.29, 1.82) is 0 Å². The van der Waals surface area contributed by atoms with Gasteiger partial charge in [0.05, 0.1) is 0 Å². The average molecular weight is 194 g/mol. The Morgan fingerprint density at radius 2 is 1.86 bits per heavy atom. The van der Waals surface area contributed by atoms with Crippen molar-refractivity contribution < 1.29 is 0 Å². The van der Waals surface area contributed by atoms with Gasteiger partial charge in [0.1, 0.15) is 0 Å². The summed E-state index contributed by atoms with van der Waals surface area (Å²) < 4.78 is 0. The first-order chi connectivity index (χ1) is 6.43. The van der Waals surface area contributed by atoms with Crippen LogP contribution in [0.1, 0.15) is 34.1 Å². The monoisotopic (exact) mass is 194 g/mol. The van der Waals surface area contributed by atoms with Crippen molar-refractivity contribution in [3.05, 3.63) is 24.6 Å². The van der Waals surface area contributed by atoms with E-state index < -0.39 is 0 Å². The highest BCUT2D eigenvalue weighted by atomic mass is 15.5. The van der Waals surface area contributed by atoms with Crippen LogP contribution in [0.15, 0.2) is 24.6 Å². The second kappa shape index (κ2) is 4.18. The summed E-state index contributed by atoms with van der Waals surface area (Å²) in [7, 11) is 0. The highest BCUT2D eigenvalue weighted by molar-refractivity contribution is 5.19. The summed E-state index contributed by atoms with van der Waals surface area (Å²) >= 11 is 0. The van der Waals surface area contributed by atoms with Crippen LogP contribution >= 0.6 is 0 Å². The van der Waals surface area contributed by atoms with Gasteiger partial charge in [-0.3, -0.25) is 5.01 Å². The molecule has 0 aromatic heterocycles. The highest BCUT2D eigenvalue weighted by Gasteiger charge is 2.31. The molecule has 1 aliphatic heterocycles. The lowest BCUT2D eigenvalue weighted by molar-refractivity contribution is 0.283. The summed E-state index contributed by atoms with van der Waals surface area (Å²) in [5.74, 6) is 1.19. The number of nitrogens with one attached hydrogen (secondary N) is 1. The Bertz CT molecular complexity index is 241. The van der Waals surface area contributed by atoms with Gasteiger partial charge in [0.2, 0.25) is 0 Å². The number of rotatable bonds is 3. The summed E-state index contributed by atoms with van der Waals surface area (Å²) in [5.41, 5.74) is 5.67. The zero-order valence-corrected chi connectivity index (χ0v) is 9.80.